The maximum atomic E-state index is 12.9. The zero-order valence-electron chi connectivity index (χ0n) is 10.3. The number of morpholine rings is 1. The molecule has 20 heavy (non-hydrogen) atoms. The van der Waals surface area contributed by atoms with E-state index in [1.54, 1.807) is 0 Å². The molecule has 4 nitrogen and oxygen atoms in total. The number of para-hydroxylation sites is 1. The fraction of sp³-hybridized carbons (Fsp3) is 0.417. The summed E-state index contributed by atoms with van der Waals surface area (Å²) in [7, 11) is 0. The van der Waals surface area contributed by atoms with Crippen LogP contribution in [0.3, 0.4) is 0 Å². The number of rotatable bonds is 1. The van der Waals surface area contributed by atoms with Crippen LogP contribution < -0.4 is 5.32 Å². The van der Waals surface area contributed by atoms with E-state index in [1.165, 1.54) is 17.0 Å². The van der Waals surface area contributed by atoms with Crippen molar-refractivity contribution in [2.24, 2.45) is 0 Å². The molecule has 1 N–H and O–H groups in total. The van der Waals surface area contributed by atoms with E-state index in [9.17, 15) is 18.0 Å². The van der Waals surface area contributed by atoms with Crippen LogP contribution in [-0.2, 0) is 10.9 Å². The van der Waals surface area contributed by atoms with Gasteiger partial charge in [-0.15, -0.1) is 0 Å². The van der Waals surface area contributed by atoms with Crippen LogP contribution in [-0.4, -0.2) is 37.2 Å². The van der Waals surface area contributed by atoms with Gasteiger partial charge in [-0.2, -0.15) is 13.2 Å². The molecule has 1 aromatic rings. The summed E-state index contributed by atoms with van der Waals surface area (Å²) in [6, 6.07) is 2.74. The van der Waals surface area contributed by atoms with Gasteiger partial charge < -0.3 is 15.0 Å². The topological polar surface area (TPSA) is 41.6 Å². The maximum absolute atomic E-state index is 12.9. The molecule has 0 aromatic heterocycles. The number of hydrogen-bond acceptors (Lipinski definition) is 2. The van der Waals surface area contributed by atoms with Crippen LogP contribution in [0.2, 0.25) is 5.02 Å². The molecule has 1 saturated heterocycles. The molecule has 1 aliphatic rings. The van der Waals surface area contributed by atoms with Crippen molar-refractivity contribution >= 4 is 23.3 Å². The predicted octanol–water partition coefficient (Wildman–Crippen LogP) is 3.22. The van der Waals surface area contributed by atoms with E-state index in [0.29, 0.717) is 26.3 Å². The predicted molar refractivity (Wildman–Crippen MR) is 67.9 cm³/mol. The highest BCUT2D eigenvalue weighted by atomic mass is 35.5. The first kappa shape index (κ1) is 14.9. The molecule has 0 atom stereocenters. The molecule has 0 unspecified atom stereocenters. The van der Waals surface area contributed by atoms with Crippen molar-refractivity contribution in [2.75, 3.05) is 31.6 Å². The highest BCUT2D eigenvalue weighted by Gasteiger charge is 2.35. The summed E-state index contributed by atoms with van der Waals surface area (Å²) < 4.78 is 43.7. The molecule has 1 heterocycles. The second-order valence-corrected chi connectivity index (χ2v) is 4.60. The fourth-order valence-corrected chi connectivity index (χ4v) is 2.06. The number of carbonyl (C=O) groups is 1. The van der Waals surface area contributed by atoms with Crippen LogP contribution in [0.4, 0.5) is 23.7 Å². The van der Waals surface area contributed by atoms with Gasteiger partial charge in [-0.05, 0) is 12.1 Å². The number of urea groups is 1. The molecule has 0 radical (unpaired) electrons. The van der Waals surface area contributed by atoms with Crippen molar-refractivity contribution in [3.8, 4) is 0 Å². The van der Waals surface area contributed by atoms with Crippen molar-refractivity contribution < 1.29 is 22.7 Å². The van der Waals surface area contributed by atoms with Crippen LogP contribution in [0.15, 0.2) is 18.2 Å². The lowest BCUT2D eigenvalue weighted by atomic mass is 10.1. The average Bonchev–Trinajstić information content (AvgIpc) is 2.40. The average molecular weight is 309 g/mol. The lowest BCUT2D eigenvalue weighted by Gasteiger charge is -2.27. The minimum absolute atomic E-state index is 0.151. The Morgan fingerprint density at radius 1 is 1.30 bits per heavy atom. The van der Waals surface area contributed by atoms with Crippen molar-refractivity contribution in [3.05, 3.63) is 28.8 Å². The van der Waals surface area contributed by atoms with E-state index in [-0.39, 0.29) is 5.02 Å². The molecule has 0 aliphatic carbocycles. The Morgan fingerprint density at radius 3 is 2.55 bits per heavy atom. The van der Waals surface area contributed by atoms with Crippen LogP contribution in [0.5, 0.6) is 0 Å². The molecule has 0 saturated carbocycles. The largest absolute Gasteiger partial charge is 0.418 e. The third-order valence-electron chi connectivity index (χ3n) is 2.85. The lowest BCUT2D eigenvalue weighted by Crippen LogP contribution is -2.43. The summed E-state index contributed by atoms with van der Waals surface area (Å²) in [5.41, 5.74) is -1.38. The Hall–Kier alpha value is -1.47. The minimum atomic E-state index is -4.58. The first-order valence-electron chi connectivity index (χ1n) is 5.89. The van der Waals surface area contributed by atoms with Gasteiger partial charge in [0.2, 0.25) is 0 Å². The zero-order valence-corrected chi connectivity index (χ0v) is 11.1. The highest BCUT2D eigenvalue weighted by Crippen LogP contribution is 2.38. The Morgan fingerprint density at radius 2 is 1.95 bits per heavy atom. The molecule has 1 fully saturated rings. The summed E-state index contributed by atoms with van der Waals surface area (Å²) in [6.45, 7) is 1.39. The van der Waals surface area contributed by atoms with Gasteiger partial charge in [0.05, 0.1) is 29.5 Å². The zero-order chi connectivity index (χ0) is 14.8. The number of ether oxygens (including phenoxy) is 1. The summed E-state index contributed by atoms with van der Waals surface area (Å²) in [5, 5.41) is 2.08. The minimum Gasteiger partial charge on any atom is -0.378 e. The van der Waals surface area contributed by atoms with Gasteiger partial charge >= 0.3 is 12.2 Å². The molecule has 1 aliphatic heterocycles. The van der Waals surface area contributed by atoms with E-state index < -0.39 is 23.5 Å². The highest BCUT2D eigenvalue weighted by molar-refractivity contribution is 6.33. The summed E-state index contributed by atoms with van der Waals surface area (Å²) in [6.07, 6.45) is -4.58. The number of hydrogen-bond donors (Lipinski definition) is 1. The normalized spacial score (nSPS) is 16.1. The Bertz CT molecular complexity index is 502. The molecule has 1 aromatic carbocycles. The summed E-state index contributed by atoms with van der Waals surface area (Å²) >= 11 is 5.76. The third-order valence-corrected chi connectivity index (χ3v) is 3.16. The van der Waals surface area contributed by atoms with Crippen molar-refractivity contribution in [2.45, 2.75) is 6.18 Å². The number of nitrogens with zero attached hydrogens (tertiary/aromatic N) is 1. The summed E-state index contributed by atoms with van der Waals surface area (Å²) in [4.78, 5) is 13.3. The first-order valence-corrected chi connectivity index (χ1v) is 6.27. The Labute approximate surface area is 118 Å². The fourth-order valence-electron chi connectivity index (χ4n) is 1.84. The molecular weight excluding hydrogens is 297 g/mol. The Kier molecular flexibility index (Phi) is 4.39. The molecular formula is C12H12ClF3N2O2. The summed E-state index contributed by atoms with van der Waals surface area (Å²) in [5.74, 6) is 0. The standard InChI is InChI=1S/C12H12ClF3N2O2/c13-9-3-1-2-8(12(14,15)16)10(9)17-11(19)18-4-6-20-7-5-18/h1-3H,4-7H2,(H,17,19). The molecule has 110 valence electrons. The monoisotopic (exact) mass is 308 g/mol. The molecule has 2 rings (SSSR count). The molecule has 0 bridgehead atoms. The number of nitrogens with one attached hydrogen (secondary N) is 1. The van der Waals surface area contributed by atoms with E-state index >= 15 is 0 Å². The number of halogens is 4. The van der Waals surface area contributed by atoms with Gasteiger partial charge in [0.25, 0.3) is 0 Å². The molecule has 8 heteroatoms. The van der Waals surface area contributed by atoms with E-state index in [4.69, 9.17) is 16.3 Å². The van der Waals surface area contributed by atoms with Gasteiger partial charge in [-0.1, -0.05) is 17.7 Å². The first-order chi connectivity index (χ1) is 9.39. The third kappa shape index (κ3) is 3.34. The van der Waals surface area contributed by atoms with Gasteiger partial charge in [-0.25, -0.2) is 4.79 Å². The second-order valence-electron chi connectivity index (χ2n) is 4.19. The number of benzene rings is 1. The van der Waals surface area contributed by atoms with Gasteiger partial charge in [0.1, 0.15) is 0 Å². The maximum Gasteiger partial charge on any atom is 0.418 e. The van der Waals surface area contributed by atoms with Crippen LogP contribution in [0.25, 0.3) is 0 Å². The quantitative estimate of drug-likeness (QED) is 0.865. The number of amides is 2. The number of carbonyl (C=O) groups excluding carboxylic acids is 1. The van der Waals surface area contributed by atoms with Crippen LogP contribution in [0, 0.1) is 0 Å². The van der Waals surface area contributed by atoms with E-state index in [1.807, 2.05) is 0 Å². The Balaban J connectivity index is 2.22. The van der Waals surface area contributed by atoms with Gasteiger partial charge in [-0.3, -0.25) is 0 Å². The lowest BCUT2D eigenvalue weighted by molar-refractivity contribution is -0.136. The molecule has 2 amide bonds. The number of anilines is 1. The van der Waals surface area contributed by atoms with Crippen molar-refractivity contribution in [1.29, 1.82) is 0 Å². The van der Waals surface area contributed by atoms with E-state index in [0.717, 1.165) is 6.07 Å². The smallest absolute Gasteiger partial charge is 0.378 e. The van der Waals surface area contributed by atoms with Crippen LogP contribution in [0.1, 0.15) is 5.56 Å². The molecule has 0 spiro atoms. The van der Waals surface area contributed by atoms with Gasteiger partial charge in [0.15, 0.2) is 0 Å². The van der Waals surface area contributed by atoms with Crippen molar-refractivity contribution in [1.82, 2.24) is 4.90 Å². The van der Waals surface area contributed by atoms with E-state index in [2.05, 4.69) is 5.32 Å². The number of alkyl halides is 3. The second kappa shape index (κ2) is 5.88. The van der Waals surface area contributed by atoms with Crippen molar-refractivity contribution in [3.63, 3.8) is 0 Å². The SMILES string of the molecule is O=C(Nc1c(Cl)cccc1C(F)(F)F)N1CCOCC1. The van der Waals surface area contributed by atoms with Crippen LogP contribution >= 0.6 is 11.6 Å². The van der Waals surface area contributed by atoms with Gasteiger partial charge in [0, 0.05) is 13.1 Å².